The molecule has 0 fully saturated rings. The maximum absolute atomic E-state index is 6.08. The number of nitrogens with zero attached hydrogens (tertiary/aromatic N) is 1. The van der Waals surface area contributed by atoms with E-state index in [4.69, 9.17) is 5.73 Å². The third-order valence-electron chi connectivity index (χ3n) is 3.20. The molecule has 0 spiro atoms. The fraction of sp³-hybridized carbons (Fsp3) is 0.188. The number of nitrogens with one attached hydrogen (secondary N) is 1. The average Bonchev–Trinajstić information content (AvgIpc) is 2.85. The molecule has 0 saturated carbocycles. The van der Waals surface area contributed by atoms with Gasteiger partial charge in [0.1, 0.15) is 0 Å². The van der Waals surface area contributed by atoms with E-state index in [9.17, 15) is 0 Å². The van der Waals surface area contributed by atoms with Crippen LogP contribution in [0.1, 0.15) is 15.4 Å². The quantitative estimate of drug-likeness (QED) is 0.770. The van der Waals surface area contributed by atoms with Gasteiger partial charge in [-0.05, 0) is 31.2 Å². The van der Waals surface area contributed by atoms with Crippen LogP contribution in [0.3, 0.4) is 0 Å². The summed E-state index contributed by atoms with van der Waals surface area (Å²) in [6, 6.07) is 14.2. The average molecular weight is 283 g/mol. The number of anilines is 1. The Morgan fingerprint density at radius 3 is 2.80 bits per heavy atom. The van der Waals surface area contributed by atoms with Crippen molar-refractivity contribution in [3.8, 4) is 0 Å². The highest BCUT2D eigenvalue weighted by Gasteiger charge is 2.03. The van der Waals surface area contributed by atoms with Gasteiger partial charge in [-0.25, -0.2) is 0 Å². The lowest BCUT2D eigenvalue weighted by Crippen LogP contribution is -2.13. The van der Waals surface area contributed by atoms with Gasteiger partial charge in [0.05, 0.1) is 11.2 Å². The molecule has 0 bridgehead atoms. The zero-order chi connectivity index (χ0) is 13.9. The van der Waals surface area contributed by atoms with Crippen LogP contribution in [0.25, 0.3) is 10.9 Å². The van der Waals surface area contributed by atoms with Crippen molar-refractivity contribution in [3.63, 3.8) is 0 Å². The van der Waals surface area contributed by atoms with E-state index in [1.807, 2.05) is 41.7 Å². The smallest absolute Gasteiger partial charge is 0.0726 e. The first-order chi connectivity index (χ1) is 9.72. The van der Waals surface area contributed by atoms with E-state index in [0.717, 1.165) is 35.4 Å². The van der Waals surface area contributed by atoms with Crippen molar-refractivity contribution in [2.45, 2.75) is 20.0 Å². The second-order valence-electron chi connectivity index (χ2n) is 4.84. The van der Waals surface area contributed by atoms with Crippen molar-refractivity contribution in [2.75, 3.05) is 5.73 Å². The molecule has 0 amide bonds. The van der Waals surface area contributed by atoms with E-state index in [-0.39, 0.29) is 0 Å². The lowest BCUT2D eigenvalue weighted by atomic mass is 10.1. The lowest BCUT2D eigenvalue weighted by Gasteiger charge is -2.07. The normalized spacial score (nSPS) is 11.1. The molecular formula is C16H17N3S. The van der Waals surface area contributed by atoms with E-state index in [1.54, 1.807) is 0 Å². The third-order valence-corrected chi connectivity index (χ3v) is 4.20. The summed E-state index contributed by atoms with van der Waals surface area (Å²) >= 11 is 1.82. The van der Waals surface area contributed by atoms with Crippen molar-refractivity contribution >= 4 is 27.9 Å². The highest BCUT2D eigenvalue weighted by atomic mass is 32.1. The zero-order valence-electron chi connectivity index (χ0n) is 11.4. The Morgan fingerprint density at radius 2 is 2.00 bits per heavy atom. The molecule has 0 aliphatic rings. The van der Waals surface area contributed by atoms with Gasteiger partial charge >= 0.3 is 0 Å². The van der Waals surface area contributed by atoms with Crippen LogP contribution in [0.4, 0.5) is 5.69 Å². The number of hydrogen-bond donors (Lipinski definition) is 2. The van der Waals surface area contributed by atoms with Gasteiger partial charge in [-0.2, -0.15) is 0 Å². The lowest BCUT2D eigenvalue weighted by molar-refractivity contribution is 0.689. The summed E-state index contributed by atoms with van der Waals surface area (Å²) in [5.41, 5.74) is 8.80. The Bertz CT molecular complexity index is 733. The van der Waals surface area contributed by atoms with Crippen molar-refractivity contribution in [2.24, 2.45) is 0 Å². The number of fused-ring (bicyclic) bond motifs is 1. The largest absolute Gasteiger partial charge is 0.398 e. The number of aryl methyl sites for hydroxylation is 1. The Labute approximate surface area is 122 Å². The number of para-hydroxylation sites is 1. The van der Waals surface area contributed by atoms with Crippen LogP contribution in [-0.4, -0.2) is 4.98 Å². The molecule has 2 heterocycles. The number of rotatable bonds is 4. The molecule has 3 N–H and O–H groups in total. The second kappa shape index (κ2) is 5.61. The molecule has 0 aliphatic carbocycles. The van der Waals surface area contributed by atoms with E-state index < -0.39 is 0 Å². The number of nitrogen functional groups attached to an aromatic ring is 1. The minimum absolute atomic E-state index is 0.728. The standard InChI is InChI=1S/C16H17N3S/c1-11-6-7-13(20-11)10-18-9-12-8-15(17)14-4-2-3-5-16(14)19-12/h2-8,18H,9-10H2,1H3,(H2,17,19). The SMILES string of the molecule is Cc1ccc(CNCc2cc(N)c3ccccc3n2)s1. The van der Waals surface area contributed by atoms with Gasteiger partial charge in [0.25, 0.3) is 0 Å². The fourth-order valence-corrected chi connectivity index (χ4v) is 3.10. The van der Waals surface area contributed by atoms with Crippen LogP contribution in [0.5, 0.6) is 0 Å². The summed E-state index contributed by atoms with van der Waals surface area (Å²) in [4.78, 5) is 7.32. The van der Waals surface area contributed by atoms with Crippen molar-refractivity contribution in [1.29, 1.82) is 0 Å². The van der Waals surface area contributed by atoms with Crippen LogP contribution >= 0.6 is 11.3 Å². The van der Waals surface area contributed by atoms with E-state index >= 15 is 0 Å². The molecule has 0 atom stereocenters. The maximum Gasteiger partial charge on any atom is 0.0726 e. The topological polar surface area (TPSA) is 50.9 Å². The first-order valence-corrected chi connectivity index (χ1v) is 7.44. The van der Waals surface area contributed by atoms with E-state index in [2.05, 4.69) is 29.4 Å². The summed E-state index contributed by atoms with van der Waals surface area (Å²) in [6.07, 6.45) is 0. The van der Waals surface area contributed by atoms with Crippen LogP contribution in [0.2, 0.25) is 0 Å². The van der Waals surface area contributed by atoms with Gasteiger partial charge in [0, 0.05) is 33.9 Å². The number of thiophene rings is 1. The Morgan fingerprint density at radius 1 is 1.15 bits per heavy atom. The summed E-state index contributed by atoms with van der Waals surface area (Å²) in [6.45, 7) is 3.72. The molecule has 3 rings (SSSR count). The molecule has 1 aromatic carbocycles. The van der Waals surface area contributed by atoms with E-state index in [0.29, 0.717) is 0 Å². The molecule has 20 heavy (non-hydrogen) atoms. The van der Waals surface area contributed by atoms with Gasteiger partial charge < -0.3 is 11.1 Å². The predicted molar refractivity (Wildman–Crippen MR) is 85.8 cm³/mol. The number of benzene rings is 1. The van der Waals surface area contributed by atoms with Gasteiger partial charge in [-0.1, -0.05) is 18.2 Å². The third kappa shape index (κ3) is 2.81. The molecule has 0 saturated heterocycles. The van der Waals surface area contributed by atoms with Crippen LogP contribution in [0.15, 0.2) is 42.5 Å². The summed E-state index contributed by atoms with van der Waals surface area (Å²) in [5, 5.41) is 4.43. The fourth-order valence-electron chi connectivity index (χ4n) is 2.24. The minimum Gasteiger partial charge on any atom is -0.398 e. The Balaban J connectivity index is 1.71. The van der Waals surface area contributed by atoms with Crippen LogP contribution in [0, 0.1) is 6.92 Å². The monoisotopic (exact) mass is 283 g/mol. The predicted octanol–water partition coefficient (Wildman–Crippen LogP) is 3.48. The number of hydrogen-bond acceptors (Lipinski definition) is 4. The molecule has 0 radical (unpaired) electrons. The first kappa shape index (κ1) is 13.1. The molecular weight excluding hydrogens is 266 g/mol. The van der Waals surface area contributed by atoms with Crippen LogP contribution in [-0.2, 0) is 13.1 Å². The molecule has 0 aliphatic heterocycles. The summed E-state index contributed by atoms with van der Waals surface area (Å²) in [7, 11) is 0. The van der Waals surface area contributed by atoms with Crippen LogP contribution < -0.4 is 11.1 Å². The second-order valence-corrected chi connectivity index (χ2v) is 6.21. The Kier molecular flexibility index (Phi) is 3.67. The molecule has 0 unspecified atom stereocenters. The van der Waals surface area contributed by atoms with Gasteiger partial charge in [0.2, 0.25) is 0 Å². The zero-order valence-corrected chi connectivity index (χ0v) is 12.2. The van der Waals surface area contributed by atoms with Gasteiger partial charge in [0.15, 0.2) is 0 Å². The summed E-state index contributed by atoms with van der Waals surface area (Å²) in [5.74, 6) is 0. The first-order valence-electron chi connectivity index (χ1n) is 6.62. The molecule has 3 aromatic rings. The van der Waals surface area contributed by atoms with Crippen molar-refractivity contribution < 1.29 is 0 Å². The van der Waals surface area contributed by atoms with E-state index in [1.165, 1.54) is 9.75 Å². The molecule has 3 nitrogen and oxygen atoms in total. The van der Waals surface area contributed by atoms with Crippen molar-refractivity contribution in [1.82, 2.24) is 10.3 Å². The molecule has 2 aromatic heterocycles. The number of pyridine rings is 1. The minimum atomic E-state index is 0.728. The molecule has 102 valence electrons. The molecule has 4 heteroatoms. The summed E-state index contributed by atoms with van der Waals surface area (Å²) < 4.78 is 0. The number of aromatic nitrogens is 1. The van der Waals surface area contributed by atoms with Gasteiger partial charge in [-0.3, -0.25) is 4.98 Å². The number of nitrogens with two attached hydrogens (primary N) is 1. The maximum atomic E-state index is 6.08. The highest BCUT2D eigenvalue weighted by molar-refractivity contribution is 7.11. The highest BCUT2D eigenvalue weighted by Crippen LogP contribution is 2.20. The van der Waals surface area contributed by atoms with Crippen molar-refractivity contribution in [3.05, 3.63) is 57.9 Å². The van der Waals surface area contributed by atoms with Gasteiger partial charge in [-0.15, -0.1) is 11.3 Å². The Hall–Kier alpha value is -1.91.